The van der Waals surface area contributed by atoms with Crippen LogP contribution < -0.4 is 9.64 Å². The maximum absolute atomic E-state index is 12.7. The molecule has 0 unspecified atom stereocenters. The summed E-state index contributed by atoms with van der Waals surface area (Å²) in [6.45, 7) is 11.8. The largest absolute Gasteiger partial charge is 0.492 e. The van der Waals surface area contributed by atoms with Crippen LogP contribution in [0.5, 0.6) is 5.75 Å². The van der Waals surface area contributed by atoms with Gasteiger partial charge >= 0.3 is 5.97 Å². The molecule has 9 heteroatoms. The number of nitrogens with zero attached hydrogens (tertiary/aromatic N) is 5. The Morgan fingerprint density at radius 2 is 1.76 bits per heavy atom. The number of rotatable bonds is 9. The van der Waals surface area contributed by atoms with Gasteiger partial charge in [-0.2, -0.15) is 5.10 Å². The monoisotopic (exact) mass is 575 g/mol. The van der Waals surface area contributed by atoms with E-state index in [9.17, 15) is 9.90 Å². The van der Waals surface area contributed by atoms with E-state index in [-0.39, 0.29) is 0 Å². The molecule has 0 aromatic carbocycles. The lowest BCUT2D eigenvalue weighted by atomic mass is 9.76. The lowest BCUT2D eigenvalue weighted by molar-refractivity contribution is -0.160. The molecule has 5 rings (SSSR count). The van der Waals surface area contributed by atoms with Crippen LogP contribution in [0.1, 0.15) is 87.9 Å². The summed E-state index contributed by atoms with van der Waals surface area (Å²) >= 11 is 0. The van der Waals surface area contributed by atoms with Gasteiger partial charge in [0, 0.05) is 55.8 Å². The van der Waals surface area contributed by atoms with Crippen molar-refractivity contribution in [2.45, 2.75) is 91.3 Å². The van der Waals surface area contributed by atoms with Crippen molar-refractivity contribution in [2.75, 3.05) is 24.6 Å². The van der Waals surface area contributed by atoms with Gasteiger partial charge in [0.1, 0.15) is 5.75 Å². The Hall–Kier alpha value is -3.46. The van der Waals surface area contributed by atoms with Crippen LogP contribution in [-0.4, -0.2) is 56.1 Å². The molecule has 1 N–H and O–H groups in total. The highest BCUT2D eigenvalue weighted by Crippen LogP contribution is 2.49. The summed E-state index contributed by atoms with van der Waals surface area (Å²) in [6, 6.07) is 3.86. The highest BCUT2D eigenvalue weighted by Gasteiger charge is 2.40. The van der Waals surface area contributed by atoms with Crippen molar-refractivity contribution in [1.82, 2.24) is 19.7 Å². The van der Waals surface area contributed by atoms with Crippen LogP contribution in [0, 0.1) is 19.3 Å². The molecule has 9 nitrogen and oxygen atoms in total. The standard InChI is InChI=1S/C33H45N5O4/c1-22-24(21-37(6)36-22)11-18-41-25-9-10-27(35-19-25)26-20-34-23(2)28(30(31(39)40)42-32(3,4)5)29(26)38-16-14-33(15-17-38)12-7-8-13-33/h9-10,19-21,30H,7-8,11-18H2,1-6H3,(H,39,40)/t30-/m0/s1. The number of anilines is 1. The number of carboxylic acids is 1. The van der Waals surface area contributed by atoms with Crippen molar-refractivity contribution in [2.24, 2.45) is 12.5 Å². The second-order valence-electron chi connectivity index (χ2n) is 13.1. The van der Waals surface area contributed by atoms with Crippen LogP contribution in [-0.2, 0) is 23.0 Å². The van der Waals surface area contributed by atoms with Gasteiger partial charge in [0.15, 0.2) is 6.10 Å². The summed E-state index contributed by atoms with van der Waals surface area (Å²) in [5.74, 6) is -0.333. The quantitative estimate of drug-likeness (QED) is 0.321. The lowest BCUT2D eigenvalue weighted by Gasteiger charge is -2.42. The third-order valence-corrected chi connectivity index (χ3v) is 8.82. The van der Waals surface area contributed by atoms with E-state index in [2.05, 4.69) is 15.0 Å². The van der Waals surface area contributed by atoms with E-state index in [1.807, 2.05) is 70.9 Å². The van der Waals surface area contributed by atoms with Crippen molar-refractivity contribution in [3.8, 4) is 17.0 Å². The van der Waals surface area contributed by atoms with Crippen LogP contribution in [0.2, 0.25) is 0 Å². The van der Waals surface area contributed by atoms with Crippen LogP contribution in [0.15, 0.2) is 30.7 Å². The molecule has 1 aliphatic carbocycles. The van der Waals surface area contributed by atoms with E-state index in [0.717, 1.165) is 60.6 Å². The van der Waals surface area contributed by atoms with Crippen molar-refractivity contribution in [3.05, 3.63) is 53.2 Å². The van der Waals surface area contributed by atoms with Gasteiger partial charge < -0.3 is 19.5 Å². The first kappa shape index (κ1) is 30.0. The minimum atomic E-state index is -1.15. The topological polar surface area (TPSA) is 103 Å². The Bertz CT molecular complexity index is 1390. The van der Waals surface area contributed by atoms with Gasteiger partial charge in [0.05, 0.1) is 35.5 Å². The predicted molar refractivity (Wildman–Crippen MR) is 163 cm³/mol. The molecule has 1 saturated heterocycles. The molecule has 2 fully saturated rings. The average Bonchev–Trinajstić information content (AvgIpc) is 3.52. The molecule has 4 heterocycles. The van der Waals surface area contributed by atoms with E-state index in [1.165, 1.54) is 25.7 Å². The molecular formula is C33H45N5O4. The number of aromatic nitrogens is 4. The van der Waals surface area contributed by atoms with Crippen molar-refractivity contribution < 1.29 is 19.4 Å². The maximum atomic E-state index is 12.7. The highest BCUT2D eigenvalue weighted by molar-refractivity contribution is 5.85. The zero-order valence-electron chi connectivity index (χ0n) is 25.9. The predicted octanol–water partition coefficient (Wildman–Crippen LogP) is 6.22. The van der Waals surface area contributed by atoms with Gasteiger partial charge in [-0.3, -0.25) is 14.6 Å². The molecule has 0 bridgehead atoms. The number of hydrogen-bond acceptors (Lipinski definition) is 7. The maximum Gasteiger partial charge on any atom is 0.337 e. The second kappa shape index (κ2) is 12.0. The molecule has 1 aliphatic heterocycles. The summed E-state index contributed by atoms with van der Waals surface area (Å²) in [5.41, 5.74) is 5.66. The van der Waals surface area contributed by atoms with Crippen molar-refractivity contribution in [3.63, 3.8) is 0 Å². The Morgan fingerprint density at radius 3 is 2.33 bits per heavy atom. The van der Waals surface area contributed by atoms with Crippen LogP contribution in [0.25, 0.3) is 11.3 Å². The van der Waals surface area contributed by atoms with Crippen LogP contribution in [0.4, 0.5) is 5.69 Å². The smallest absolute Gasteiger partial charge is 0.337 e. The summed E-state index contributed by atoms with van der Waals surface area (Å²) in [7, 11) is 1.92. The normalized spacial score (nSPS) is 17.5. The van der Waals surface area contributed by atoms with E-state index in [4.69, 9.17) is 14.5 Å². The summed E-state index contributed by atoms with van der Waals surface area (Å²) < 4.78 is 14.0. The van der Waals surface area contributed by atoms with E-state index in [1.54, 1.807) is 6.20 Å². The Kier molecular flexibility index (Phi) is 8.60. The first-order chi connectivity index (χ1) is 19.9. The van der Waals surface area contributed by atoms with Gasteiger partial charge in [-0.05, 0) is 83.4 Å². The Balaban J connectivity index is 1.46. The fourth-order valence-corrected chi connectivity index (χ4v) is 6.66. The molecule has 0 radical (unpaired) electrons. The molecule has 1 spiro atoms. The van der Waals surface area contributed by atoms with Crippen LogP contribution >= 0.6 is 0 Å². The molecule has 1 saturated carbocycles. The number of ether oxygens (including phenoxy) is 2. The lowest BCUT2D eigenvalue weighted by Crippen LogP contribution is -2.40. The Morgan fingerprint density at radius 1 is 1.05 bits per heavy atom. The minimum Gasteiger partial charge on any atom is -0.492 e. The van der Waals surface area contributed by atoms with Crippen LogP contribution in [0.3, 0.4) is 0 Å². The SMILES string of the molecule is Cc1nn(C)cc1CCOc1ccc(-c2cnc(C)c([C@H](OC(C)(C)C)C(=O)O)c2N2CCC3(CCCC3)CC2)nc1. The van der Waals surface area contributed by atoms with Gasteiger partial charge in [-0.15, -0.1) is 0 Å². The third-order valence-electron chi connectivity index (χ3n) is 8.82. The van der Waals surface area contributed by atoms with E-state index in [0.29, 0.717) is 29.0 Å². The van der Waals surface area contributed by atoms with Gasteiger partial charge in [-0.25, -0.2) is 4.79 Å². The van der Waals surface area contributed by atoms with E-state index >= 15 is 0 Å². The fourth-order valence-electron chi connectivity index (χ4n) is 6.66. The number of carbonyl (C=O) groups is 1. The second-order valence-corrected chi connectivity index (χ2v) is 13.1. The molecular weight excluding hydrogens is 530 g/mol. The number of aliphatic carboxylic acids is 1. The van der Waals surface area contributed by atoms with Gasteiger partial charge in [0.25, 0.3) is 0 Å². The molecule has 42 heavy (non-hydrogen) atoms. The van der Waals surface area contributed by atoms with Gasteiger partial charge in [-0.1, -0.05) is 12.8 Å². The first-order valence-electron chi connectivity index (χ1n) is 15.2. The summed E-state index contributed by atoms with van der Waals surface area (Å²) in [4.78, 5) is 24.5. The number of carboxylic acid groups (broad SMARTS) is 1. The molecule has 226 valence electrons. The zero-order valence-corrected chi connectivity index (χ0v) is 25.9. The first-order valence-corrected chi connectivity index (χ1v) is 15.2. The van der Waals surface area contributed by atoms with Crippen molar-refractivity contribution >= 4 is 11.7 Å². The third kappa shape index (κ3) is 6.61. The summed E-state index contributed by atoms with van der Waals surface area (Å²) in [5, 5.41) is 14.8. The fraction of sp³-hybridized carbons (Fsp3) is 0.576. The zero-order chi connectivity index (χ0) is 30.1. The number of aryl methyl sites for hydroxylation is 3. The van der Waals surface area contributed by atoms with E-state index < -0.39 is 17.7 Å². The highest BCUT2D eigenvalue weighted by atomic mass is 16.5. The molecule has 0 amide bonds. The van der Waals surface area contributed by atoms with Crippen molar-refractivity contribution in [1.29, 1.82) is 0 Å². The average molecular weight is 576 g/mol. The summed E-state index contributed by atoms with van der Waals surface area (Å²) in [6.07, 6.45) is 12.6. The molecule has 3 aromatic heterocycles. The number of piperidine rings is 1. The molecule has 1 atom stereocenters. The molecule has 3 aromatic rings. The number of hydrogen-bond donors (Lipinski definition) is 1. The minimum absolute atomic E-state index is 0.429. The van der Waals surface area contributed by atoms with Gasteiger partial charge in [0.2, 0.25) is 0 Å². The number of pyridine rings is 2. The molecule has 2 aliphatic rings. The Labute approximate surface area is 249 Å².